The lowest BCUT2D eigenvalue weighted by molar-refractivity contribution is 0.0761. The van der Waals surface area contributed by atoms with Crippen LogP contribution in [0.25, 0.3) is 56.6 Å². The third-order valence-corrected chi connectivity index (χ3v) is 21.1. The van der Waals surface area contributed by atoms with E-state index < -0.39 is 64.0 Å². The van der Waals surface area contributed by atoms with Gasteiger partial charge in [-0.05, 0) is 99.0 Å². The molecule has 0 N–H and O–H groups in total. The number of nitrogens with zero attached hydrogens (tertiary/aromatic N) is 22. The highest BCUT2D eigenvalue weighted by Gasteiger charge is 2.33. The highest BCUT2D eigenvalue weighted by Crippen LogP contribution is 2.39. The maximum absolute atomic E-state index is 13.3. The summed E-state index contributed by atoms with van der Waals surface area (Å²) in [5.74, 6) is 0.353. The topological polar surface area (TPSA) is 423 Å². The quantitative estimate of drug-likeness (QED) is 0.0771. The van der Waals surface area contributed by atoms with Gasteiger partial charge in [-0.3, -0.25) is 19.0 Å². The third-order valence-electron chi connectivity index (χ3n) is 17.8. The number of hydrogen-bond acceptors (Lipinski definition) is 30. The Labute approximate surface area is 677 Å². The lowest BCUT2D eigenvalue weighted by Gasteiger charge is -2.26. The number of carbonyl (C=O) groups is 2. The van der Waals surface area contributed by atoms with Gasteiger partial charge in [-0.1, -0.05) is 62.2 Å². The number of hydrogen-bond donors (Lipinski definition) is 0. The molecule has 0 aliphatic carbocycles. The Kier molecular flexibility index (Phi) is 19.7. The summed E-state index contributed by atoms with van der Waals surface area (Å²) in [6, 6.07) is 20.4. The normalized spacial score (nSPS) is 15.8. The maximum atomic E-state index is 13.3. The van der Waals surface area contributed by atoms with Crippen LogP contribution in [0.1, 0.15) is 134 Å². The fourth-order valence-corrected chi connectivity index (χ4v) is 14.2. The number of sulfone groups is 2. The molecule has 14 aromatic rings. The van der Waals surface area contributed by atoms with Crippen molar-refractivity contribution in [1.82, 2.24) is 110 Å². The Balaban J connectivity index is 0.000000145. The second kappa shape index (κ2) is 33.9. The first kappa shape index (κ1) is 67.4. The molecule has 2 aromatic carbocycles. The minimum Gasteiger partial charge on any atom is -0.473 e. The molecule has 0 saturated carbocycles. The predicted molar refractivity (Wildman–Crippen MR) is 410 cm³/mol. The molecule has 2 saturated heterocycles. The number of carbonyl (C=O) groups excluding carboxylic acids is 2. The number of aromatic nitrogens is 20. The SMILES string of the molecule is Cc1cc(-c2nncc3c(C(C)(C)C)c(OCc4ncnn4C)nn23)no1.Cc1onc(-c2ccc(F)cc2)c1COc1ccc(C(=O)N2CCS(=O)(=O)CC2)cn1.[2H]C([2H])([2H])c1cc(-c2nncc3c(C(C)(C)C)c(OC([2H])([2H])c4ncnn4C([2H])([2H])[2H])nn23)no1.[2H]C([2H])([2H])c1onc(-c2ccc(F)cc2)c1COc1ccc(C(=O)N2CCS(=O)(=O)CC2)cn1. The summed E-state index contributed by atoms with van der Waals surface area (Å²) in [6.07, 6.45) is 8.18. The van der Waals surface area contributed by atoms with E-state index in [0.29, 0.717) is 84.3 Å². The van der Waals surface area contributed by atoms with E-state index in [1.807, 2.05) is 34.7 Å². The van der Waals surface area contributed by atoms with E-state index in [0.717, 1.165) is 17.4 Å². The van der Waals surface area contributed by atoms with Crippen molar-refractivity contribution in [2.45, 2.75) is 106 Å². The smallest absolute Gasteiger partial charge is 0.255 e. The minimum atomic E-state index is -3.11. The van der Waals surface area contributed by atoms with Crippen LogP contribution in [0.2, 0.25) is 0 Å². The zero-order chi connectivity index (χ0) is 91.7. The summed E-state index contributed by atoms with van der Waals surface area (Å²) in [6.45, 7) is 5.46. The molecule has 2 aliphatic rings. The average molecular weight is 1640 g/mol. The third kappa shape index (κ3) is 18.9. The minimum absolute atomic E-state index is 0.0216. The highest BCUT2D eigenvalue weighted by molar-refractivity contribution is 7.91. The number of ether oxygens (including phenoxy) is 4. The zero-order valence-corrected chi connectivity index (χ0v) is 65.1. The fraction of sp³-hybridized carbons (Fsp3) is 0.342. The first-order valence-electron chi connectivity index (χ1n) is 40.8. The van der Waals surface area contributed by atoms with Crippen molar-refractivity contribution >= 4 is 42.5 Å². The first-order valence-corrected chi connectivity index (χ1v) is 38.9. The van der Waals surface area contributed by atoms with Crippen molar-refractivity contribution < 1.29 is 87.3 Å². The van der Waals surface area contributed by atoms with Crippen LogP contribution in [-0.4, -0.2) is 187 Å². The van der Waals surface area contributed by atoms with Gasteiger partial charge in [-0.25, -0.2) is 54.6 Å². The number of aryl methyl sites for hydroxylation is 6. The molecular formula is C76H80F2N22O14S2. The van der Waals surface area contributed by atoms with E-state index in [-0.39, 0.29) is 144 Å². The summed E-state index contributed by atoms with van der Waals surface area (Å²) in [5.41, 5.74) is 5.70. The number of rotatable bonds is 18. The van der Waals surface area contributed by atoms with Crippen molar-refractivity contribution in [3.63, 3.8) is 0 Å². The molecule has 36 nitrogen and oxygen atoms in total. The van der Waals surface area contributed by atoms with Crippen molar-refractivity contribution in [3.05, 3.63) is 202 Å². The Morgan fingerprint density at radius 2 is 0.983 bits per heavy atom. The van der Waals surface area contributed by atoms with Crippen LogP contribution >= 0.6 is 0 Å². The lowest BCUT2D eigenvalue weighted by Crippen LogP contribution is -2.43. The van der Waals surface area contributed by atoms with Gasteiger partial charge in [0.1, 0.15) is 85.1 Å². The van der Waals surface area contributed by atoms with Crippen molar-refractivity contribution in [2.75, 3.05) is 49.2 Å². The largest absolute Gasteiger partial charge is 0.473 e. The summed E-state index contributed by atoms with van der Waals surface area (Å²) >= 11 is 0. The molecule has 0 atom stereocenters. The summed E-state index contributed by atoms with van der Waals surface area (Å²) in [5, 5.41) is 48.6. The molecule has 2 fully saturated rings. The van der Waals surface area contributed by atoms with Gasteiger partial charge >= 0.3 is 0 Å². The standard InChI is InChI=1S/2C21H20FN3O5S.2C17H20N8O2/c2*1-14-18(20(24-30-14)15-2-5-17(22)6-3-15)13-29-19-7-4-16(12-23-19)21(26)25-8-10-31(27,28)11-9-25;2*1-10-6-11(23-27-10)15-21-19-7-12-14(17(2,3)4)16(22-25(12)15)26-8-13-18-9-20-24(13)5/h2*2-7,12H,8-11,13H2,1H3;2*6-7,9H,8H2,1-5H3/i1D3;;1D3,5D3,8D2;. The number of benzene rings is 2. The summed E-state index contributed by atoms with van der Waals surface area (Å²) in [7, 11) is -4.35. The number of amides is 2. The molecule has 16 rings (SSSR count). The number of fused-ring (bicyclic) bond motifs is 2. The molecule has 40 heteroatoms. The van der Waals surface area contributed by atoms with E-state index in [9.17, 15) is 35.2 Å². The average Bonchev–Trinajstić information content (AvgIpc) is 1.59. The molecule has 116 heavy (non-hydrogen) atoms. The van der Waals surface area contributed by atoms with Gasteiger partial charge in [0.15, 0.2) is 42.7 Å². The van der Waals surface area contributed by atoms with Gasteiger partial charge in [-0.15, -0.1) is 20.4 Å². The van der Waals surface area contributed by atoms with Gasteiger partial charge in [-0.2, -0.15) is 20.4 Å². The summed E-state index contributed by atoms with van der Waals surface area (Å²) in [4.78, 5) is 44.3. The second-order valence-corrected chi connectivity index (χ2v) is 32.7. The van der Waals surface area contributed by atoms with Crippen molar-refractivity contribution in [3.8, 4) is 69.1 Å². The maximum Gasteiger partial charge on any atom is 0.255 e. The van der Waals surface area contributed by atoms with E-state index in [1.54, 1.807) is 52.6 Å². The molecule has 0 unspecified atom stereocenters. The number of pyridine rings is 2. The van der Waals surface area contributed by atoms with Crippen molar-refractivity contribution in [2.24, 2.45) is 14.0 Å². The van der Waals surface area contributed by atoms with Crippen LogP contribution in [0.5, 0.6) is 23.5 Å². The Bertz CT molecular complexity index is 6520. The molecule has 0 spiro atoms. The van der Waals surface area contributed by atoms with E-state index in [4.69, 9.17) is 52.1 Å². The summed E-state index contributed by atoms with van der Waals surface area (Å²) < 4.78 is 206. The molecule has 604 valence electrons. The molecular weight excluding hydrogens is 1550 g/mol. The van der Waals surface area contributed by atoms with E-state index >= 15 is 0 Å². The van der Waals surface area contributed by atoms with Gasteiger partial charge in [0.25, 0.3) is 11.8 Å². The van der Waals surface area contributed by atoms with Crippen LogP contribution < -0.4 is 18.9 Å². The van der Waals surface area contributed by atoms with Crippen LogP contribution in [-0.2, 0) is 70.9 Å². The zero-order valence-electron chi connectivity index (χ0n) is 74.5. The van der Waals surface area contributed by atoms with Crippen LogP contribution in [0.4, 0.5) is 8.78 Å². The van der Waals surface area contributed by atoms with Gasteiger partial charge < -0.3 is 46.8 Å². The first-order chi connectivity index (χ1) is 59.7. The number of halogens is 2. The highest BCUT2D eigenvalue weighted by atomic mass is 32.2. The van der Waals surface area contributed by atoms with E-state index in [1.165, 1.54) is 93.8 Å². The van der Waals surface area contributed by atoms with E-state index in [2.05, 4.69) is 102 Å². The molecule has 0 bridgehead atoms. The molecule has 2 aliphatic heterocycles. The Morgan fingerprint density at radius 3 is 1.41 bits per heavy atom. The predicted octanol–water partition coefficient (Wildman–Crippen LogP) is 9.45. The van der Waals surface area contributed by atoms with Crippen LogP contribution in [0.15, 0.2) is 140 Å². The second-order valence-electron chi connectivity index (χ2n) is 28.1. The molecule has 2 amide bonds. The molecule has 14 heterocycles. The van der Waals surface area contributed by atoms with Gasteiger partial charge in [0, 0.05) is 111 Å². The van der Waals surface area contributed by atoms with Crippen molar-refractivity contribution in [1.29, 1.82) is 0 Å². The Morgan fingerprint density at radius 1 is 0.526 bits per heavy atom. The van der Waals surface area contributed by atoms with Crippen LogP contribution in [0, 0.1) is 39.2 Å². The molecule has 12 aromatic heterocycles. The van der Waals surface area contributed by atoms with Crippen LogP contribution in [0.3, 0.4) is 0 Å². The van der Waals surface area contributed by atoms with Gasteiger partial charge in [0.2, 0.25) is 35.2 Å². The Hall–Kier alpha value is -13.1. The van der Waals surface area contributed by atoms with Gasteiger partial charge in [0.05, 0.1) is 71.4 Å². The fourth-order valence-electron chi connectivity index (χ4n) is 11.8. The molecule has 0 radical (unpaired) electrons. The lowest BCUT2D eigenvalue weighted by atomic mass is 9.88. The monoisotopic (exact) mass is 1640 g/mol.